The third kappa shape index (κ3) is 5.33. The van der Waals surface area contributed by atoms with Crippen molar-refractivity contribution in [2.75, 3.05) is 20.1 Å². The van der Waals surface area contributed by atoms with Gasteiger partial charge in [-0.2, -0.15) is 4.31 Å². The number of carbonyl (C=O) groups excluding carboxylic acids is 1. The van der Waals surface area contributed by atoms with Crippen molar-refractivity contribution in [2.45, 2.75) is 31.2 Å². The molecule has 0 saturated heterocycles. The molecule has 128 valence electrons. The Hall–Kier alpha value is -1.93. The van der Waals surface area contributed by atoms with Crippen molar-refractivity contribution in [3.63, 3.8) is 0 Å². The van der Waals surface area contributed by atoms with Gasteiger partial charge in [0.2, 0.25) is 15.9 Å². The Labute approximate surface area is 136 Å². The zero-order valence-electron chi connectivity index (χ0n) is 13.5. The third-order valence-corrected chi connectivity index (χ3v) is 5.14. The van der Waals surface area contributed by atoms with Crippen molar-refractivity contribution >= 4 is 21.9 Å². The number of amides is 1. The van der Waals surface area contributed by atoms with E-state index in [-0.39, 0.29) is 30.4 Å². The van der Waals surface area contributed by atoms with E-state index in [0.717, 1.165) is 4.31 Å². The lowest BCUT2D eigenvalue weighted by Gasteiger charge is -2.28. The lowest BCUT2D eigenvalue weighted by atomic mass is 10.2. The molecule has 23 heavy (non-hydrogen) atoms. The van der Waals surface area contributed by atoms with Crippen LogP contribution in [-0.4, -0.2) is 60.8 Å². The Kier molecular flexibility index (Phi) is 6.71. The van der Waals surface area contributed by atoms with Crippen LogP contribution in [0.25, 0.3) is 0 Å². The number of rotatable bonds is 8. The van der Waals surface area contributed by atoms with Gasteiger partial charge in [0, 0.05) is 19.6 Å². The van der Waals surface area contributed by atoms with E-state index in [4.69, 9.17) is 5.11 Å². The average molecular weight is 342 g/mol. The number of nitrogens with zero attached hydrogens (tertiary/aromatic N) is 2. The largest absolute Gasteiger partial charge is 0.481 e. The molecule has 0 aromatic heterocycles. The quantitative estimate of drug-likeness (QED) is 0.761. The predicted molar refractivity (Wildman–Crippen MR) is 85.4 cm³/mol. The zero-order chi connectivity index (χ0) is 17.6. The van der Waals surface area contributed by atoms with Crippen molar-refractivity contribution in [3.05, 3.63) is 30.3 Å². The summed E-state index contributed by atoms with van der Waals surface area (Å²) in [6.07, 6.45) is -0.181. The Balaban J connectivity index is 2.83. The van der Waals surface area contributed by atoms with E-state index in [2.05, 4.69) is 0 Å². The fourth-order valence-electron chi connectivity index (χ4n) is 2.03. The Morgan fingerprint density at radius 3 is 2.22 bits per heavy atom. The van der Waals surface area contributed by atoms with E-state index in [0.29, 0.717) is 0 Å². The SMILES string of the molecule is CC(C)N(CCC(=O)O)C(=O)CN(C)S(=O)(=O)c1ccccc1. The van der Waals surface area contributed by atoms with Gasteiger partial charge in [0.05, 0.1) is 17.9 Å². The van der Waals surface area contributed by atoms with Crippen LogP contribution in [0.15, 0.2) is 35.2 Å². The maximum atomic E-state index is 12.4. The van der Waals surface area contributed by atoms with Crippen LogP contribution in [0.3, 0.4) is 0 Å². The molecule has 1 aromatic rings. The highest BCUT2D eigenvalue weighted by molar-refractivity contribution is 7.89. The Morgan fingerprint density at radius 2 is 1.74 bits per heavy atom. The molecule has 0 spiro atoms. The maximum absolute atomic E-state index is 12.4. The van der Waals surface area contributed by atoms with Crippen molar-refractivity contribution in [3.8, 4) is 0 Å². The van der Waals surface area contributed by atoms with E-state index >= 15 is 0 Å². The van der Waals surface area contributed by atoms with Gasteiger partial charge < -0.3 is 10.0 Å². The molecule has 0 aliphatic rings. The molecule has 7 nitrogen and oxygen atoms in total. The van der Waals surface area contributed by atoms with Crippen LogP contribution in [0.2, 0.25) is 0 Å². The first-order chi connectivity index (χ1) is 10.7. The van der Waals surface area contributed by atoms with E-state index in [1.165, 1.54) is 24.1 Å². The summed E-state index contributed by atoms with van der Waals surface area (Å²) in [4.78, 5) is 24.5. The van der Waals surface area contributed by atoms with Gasteiger partial charge in [-0.05, 0) is 26.0 Å². The van der Waals surface area contributed by atoms with Crippen molar-refractivity contribution in [1.82, 2.24) is 9.21 Å². The molecule has 0 fully saturated rings. The van der Waals surface area contributed by atoms with Gasteiger partial charge in [-0.25, -0.2) is 8.42 Å². The van der Waals surface area contributed by atoms with Crippen LogP contribution in [0.1, 0.15) is 20.3 Å². The molecule has 0 radical (unpaired) electrons. The number of hydrogen-bond acceptors (Lipinski definition) is 4. The number of carbonyl (C=O) groups is 2. The molecule has 0 aliphatic carbocycles. The van der Waals surface area contributed by atoms with E-state index in [9.17, 15) is 18.0 Å². The second-order valence-electron chi connectivity index (χ2n) is 5.40. The van der Waals surface area contributed by atoms with Crippen LogP contribution >= 0.6 is 0 Å². The molecule has 1 amide bonds. The number of sulfonamides is 1. The van der Waals surface area contributed by atoms with Crippen LogP contribution < -0.4 is 0 Å². The van der Waals surface area contributed by atoms with Crippen LogP contribution in [-0.2, 0) is 19.6 Å². The maximum Gasteiger partial charge on any atom is 0.305 e. The predicted octanol–water partition coefficient (Wildman–Crippen LogP) is 1.02. The summed E-state index contributed by atoms with van der Waals surface area (Å²) in [5.41, 5.74) is 0. The standard InChI is InChI=1S/C15H22N2O5S/c1-12(2)17(10-9-15(19)20)14(18)11-16(3)23(21,22)13-7-5-4-6-8-13/h4-8,12H,9-11H2,1-3H3,(H,19,20). The van der Waals surface area contributed by atoms with Gasteiger partial charge in [-0.15, -0.1) is 0 Å². The fourth-order valence-corrected chi connectivity index (χ4v) is 3.17. The smallest absolute Gasteiger partial charge is 0.305 e. The number of carboxylic acid groups (broad SMARTS) is 1. The first-order valence-electron chi connectivity index (χ1n) is 7.19. The monoisotopic (exact) mass is 342 g/mol. The molecule has 1 N–H and O–H groups in total. The second-order valence-corrected chi connectivity index (χ2v) is 7.44. The molecular formula is C15H22N2O5S. The summed E-state index contributed by atoms with van der Waals surface area (Å²) in [5.74, 6) is -1.43. The molecule has 0 aliphatic heterocycles. The van der Waals surface area contributed by atoms with Gasteiger partial charge in [-0.3, -0.25) is 9.59 Å². The highest BCUT2D eigenvalue weighted by atomic mass is 32.2. The first-order valence-corrected chi connectivity index (χ1v) is 8.63. The number of benzene rings is 1. The molecule has 1 rings (SSSR count). The molecule has 0 saturated carbocycles. The van der Waals surface area contributed by atoms with Crippen molar-refractivity contribution in [2.24, 2.45) is 0 Å². The molecule has 0 atom stereocenters. The zero-order valence-corrected chi connectivity index (χ0v) is 14.3. The summed E-state index contributed by atoms with van der Waals surface area (Å²) >= 11 is 0. The topological polar surface area (TPSA) is 95.0 Å². The number of likely N-dealkylation sites (N-methyl/N-ethyl adjacent to an activating group) is 1. The summed E-state index contributed by atoms with van der Waals surface area (Å²) in [6, 6.07) is 7.62. The highest BCUT2D eigenvalue weighted by Gasteiger charge is 2.26. The normalized spacial score (nSPS) is 11.7. The molecule has 8 heteroatoms. The molecule has 0 unspecified atom stereocenters. The van der Waals surface area contributed by atoms with Gasteiger partial charge in [0.1, 0.15) is 0 Å². The minimum atomic E-state index is -3.76. The summed E-state index contributed by atoms with van der Waals surface area (Å²) in [7, 11) is -2.43. The molecule has 0 bridgehead atoms. The van der Waals surface area contributed by atoms with Crippen molar-refractivity contribution in [1.29, 1.82) is 0 Å². The summed E-state index contributed by atoms with van der Waals surface area (Å²) < 4.78 is 25.7. The lowest BCUT2D eigenvalue weighted by molar-refractivity contribution is -0.139. The minimum Gasteiger partial charge on any atom is -0.481 e. The number of hydrogen-bond donors (Lipinski definition) is 1. The van der Waals surface area contributed by atoms with E-state index in [1.807, 2.05) is 0 Å². The molecule has 0 heterocycles. The fraction of sp³-hybridized carbons (Fsp3) is 0.467. The van der Waals surface area contributed by atoms with Gasteiger partial charge in [0.15, 0.2) is 0 Å². The van der Waals surface area contributed by atoms with Gasteiger partial charge in [-0.1, -0.05) is 18.2 Å². The summed E-state index contributed by atoms with van der Waals surface area (Å²) in [6.45, 7) is 3.22. The first kappa shape index (κ1) is 19.1. The minimum absolute atomic E-state index is 0.0467. The molecule has 1 aromatic carbocycles. The third-order valence-electron chi connectivity index (χ3n) is 3.32. The Morgan fingerprint density at radius 1 is 1.17 bits per heavy atom. The van der Waals surface area contributed by atoms with Gasteiger partial charge >= 0.3 is 5.97 Å². The van der Waals surface area contributed by atoms with Crippen LogP contribution in [0, 0.1) is 0 Å². The van der Waals surface area contributed by atoms with Crippen molar-refractivity contribution < 1.29 is 23.1 Å². The Bertz CT molecular complexity index is 643. The van der Waals surface area contributed by atoms with Crippen LogP contribution in [0.5, 0.6) is 0 Å². The van der Waals surface area contributed by atoms with Crippen LogP contribution in [0.4, 0.5) is 0 Å². The van der Waals surface area contributed by atoms with Gasteiger partial charge in [0.25, 0.3) is 0 Å². The number of carboxylic acids is 1. The average Bonchev–Trinajstić information content (AvgIpc) is 2.47. The lowest BCUT2D eigenvalue weighted by Crippen LogP contribution is -2.45. The number of aliphatic carboxylic acids is 1. The molecular weight excluding hydrogens is 320 g/mol. The highest BCUT2D eigenvalue weighted by Crippen LogP contribution is 2.14. The second kappa shape index (κ2) is 8.07. The summed E-state index contributed by atoms with van der Waals surface area (Å²) in [5, 5.41) is 8.74. The van der Waals surface area contributed by atoms with E-state index in [1.54, 1.807) is 32.0 Å². The van der Waals surface area contributed by atoms with E-state index < -0.39 is 21.9 Å².